The van der Waals surface area contributed by atoms with Crippen molar-refractivity contribution >= 4 is 23.2 Å². The molecule has 1 aliphatic heterocycles. The number of nitrogens with one attached hydrogen (secondary N) is 1. The predicted molar refractivity (Wildman–Crippen MR) is 99.6 cm³/mol. The molecule has 1 heterocycles. The molecule has 0 atom stereocenters. The highest BCUT2D eigenvalue weighted by atomic mass is 35.5. The summed E-state index contributed by atoms with van der Waals surface area (Å²) in [5.41, 5.74) is 2.63. The maximum Gasteiger partial charge on any atom is 0.255 e. The van der Waals surface area contributed by atoms with Crippen LogP contribution >= 0.6 is 11.6 Å². The van der Waals surface area contributed by atoms with Gasteiger partial charge in [0.2, 0.25) is 0 Å². The fourth-order valence-electron chi connectivity index (χ4n) is 3.08. The molecule has 0 unspecified atom stereocenters. The van der Waals surface area contributed by atoms with Gasteiger partial charge >= 0.3 is 0 Å². The molecular weight excluding hydrogens is 320 g/mol. The van der Waals surface area contributed by atoms with Crippen molar-refractivity contribution in [2.24, 2.45) is 0 Å². The number of nitrogens with zero attached hydrogens (tertiary/aromatic N) is 1. The van der Waals surface area contributed by atoms with E-state index in [9.17, 15) is 4.79 Å². The topological polar surface area (TPSA) is 32.3 Å². The highest BCUT2D eigenvalue weighted by molar-refractivity contribution is 6.30. The van der Waals surface area contributed by atoms with Crippen LogP contribution in [0.25, 0.3) is 0 Å². The Bertz CT molecular complexity index is 676. The first-order chi connectivity index (χ1) is 11.7. The van der Waals surface area contributed by atoms with E-state index >= 15 is 0 Å². The SMILES string of the molecule is O=C(Nc1cccc(Cl)c1)c1ccc(CN2CCCCCC2)cc1. The second-order valence-electron chi connectivity index (χ2n) is 6.35. The first-order valence-electron chi connectivity index (χ1n) is 8.59. The Hall–Kier alpha value is -1.84. The highest BCUT2D eigenvalue weighted by Gasteiger charge is 2.10. The highest BCUT2D eigenvalue weighted by Crippen LogP contribution is 2.17. The van der Waals surface area contributed by atoms with E-state index in [2.05, 4.69) is 22.3 Å². The van der Waals surface area contributed by atoms with Crippen LogP contribution < -0.4 is 5.32 Å². The van der Waals surface area contributed by atoms with Gasteiger partial charge in [0.05, 0.1) is 0 Å². The molecule has 1 amide bonds. The molecule has 2 aromatic rings. The van der Waals surface area contributed by atoms with Crippen LogP contribution in [-0.2, 0) is 6.54 Å². The fraction of sp³-hybridized carbons (Fsp3) is 0.350. The minimum Gasteiger partial charge on any atom is -0.322 e. The summed E-state index contributed by atoms with van der Waals surface area (Å²) in [6.45, 7) is 3.32. The van der Waals surface area contributed by atoms with E-state index < -0.39 is 0 Å². The Balaban J connectivity index is 1.60. The van der Waals surface area contributed by atoms with Crippen LogP contribution in [-0.4, -0.2) is 23.9 Å². The molecule has 3 rings (SSSR count). The number of likely N-dealkylation sites (tertiary alicyclic amines) is 1. The van der Waals surface area contributed by atoms with Crippen LogP contribution in [0.1, 0.15) is 41.6 Å². The Kier molecular flexibility index (Phi) is 5.89. The van der Waals surface area contributed by atoms with Gasteiger partial charge in [-0.25, -0.2) is 0 Å². The molecule has 0 radical (unpaired) electrons. The predicted octanol–water partition coefficient (Wildman–Crippen LogP) is 4.97. The van der Waals surface area contributed by atoms with Crippen LogP contribution in [0.15, 0.2) is 48.5 Å². The number of benzene rings is 2. The zero-order valence-electron chi connectivity index (χ0n) is 13.8. The summed E-state index contributed by atoms with van der Waals surface area (Å²) in [5, 5.41) is 3.49. The van der Waals surface area contributed by atoms with Crippen molar-refractivity contribution in [2.75, 3.05) is 18.4 Å². The first kappa shape index (κ1) is 17.0. The smallest absolute Gasteiger partial charge is 0.255 e. The second-order valence-corrected chi connectivity index (χ2v) is 6.79. The Morgan fingerprint density at radius 2 is 1.71 bits per heavy atom. The molecule has 2 aromatic carbocycles. The van der Waals surface area contributed by atoms with Gasteiger partial charge in [0.25, 0.3) is 5.91 Å². The van der Waals surface area contributed by atoms with Crippen LogP contribution in [0.4, 0.5) is 5.69 Å². The number of hydrogen-bond donors (Lipinski definition) is 1. The van der Waals surface area contributed by atoms with Crippen molar-refractivity contribution in [3.63, 3.8) is 0 Å². The molecule has 1 N–H and O–H groups in total. The van der Waals surface area contributed by atoms with E-state index in [-0.39, 0.29) is 5.91 Å². The van der Waals surface area contributed by atoms with Gasteiger partial charge in [0.15, 0.2) is 0 Å². The quantitative estimate of drug-likeness (QED) is 0.850. The van der Waals surface area contributed by atoms with Crippen LogP contribution in [0.3, 0.4) is 0 Å². The van der Waals surface area contributed by atoms with Gasteiger partial charge in [-0.2, -0.15) is 0 Å². The standard InChI is InChI=1S/C20H23ClN2O/c21-18-6-5-7-19(14-18)22-20(24)17-10-8-16(9-11-17)15-23-12-3-1-2-4-13-23/h5-11,14H,1-4,12-13,15H2,(H,22,24). The summed E-state index contributed by atoms with van der Waals surface area (Å²) in [4.78, 5) is 14.8. The molecule has 126 valence electrons. The van der Waals surface area contributed by atoms with Crippen LogP contribution in [0, 0.1) is 0 Å². The van der Waals surface area contributed by atoms with Crippen molar-refractivity contribution in [1.29, 1.82) is 0 Å². The molecular formula is C20H23ClN2O. The van der Waals surface area contributed by atoms with Crippen molar-refractivity contribution in [3.8, 4) is 0 Å². The largest absolute Gasteiger partial charge is 0.322 e. The third-order valence-electron chi connectivity index (χ3n) is 4.40. The summed E-state index contributed by atoms with van der Waals surface area (Å²) < 4.78 is 0. The lowest BCUT2D eigenvalue weighted by Crippen LogP contribution is -2.24. The van der Waals surface area contributed by atoms with Gasteiger partial charge in [-0.05, 0) is 61.8 Å². The number of hydrogen-bond acceptors (Lipinski definition) is 2. The molecule has 24 heavy (non-hydrogen) atoms. The van der Waals surface area contributed by atoms with E-state index in [1.807, 2.05) is 24.3 Å². The third-order valence-corrected chi connectivity index (χ3v) is 4.64. The van der Waals surface area contributed by atoms with Crippen molar-refractivity contribution in [3.05, 3.63) is 64.7 Å². The molecule has 4 heteroatoms. The average molecular weight is 343 g/mol. The number of carbonyl (C=O) groups excluding carboxylic acids is 1. The Morgan fingerprint density at radius 1 is 1.00 bits per heavy atom. The summed E-state index contributed by atoms with van der Waals surface area (Å²) in [5.74, 6) is -0.112. The fourth-order valence-corrected chi connectivity index (χ4v) is 3.27. The third kappa shape index (κ3) is 4.83. The lowest BCUT2D eigenvalue weighted by molar-refractivity contribution is 0.102. The minimum atomic E-state index is -0.112. The van der Waals surface area contributed by atoms with E-state index in [4.69, 9.17) is 11.6 Å². The molecule has 1 fully saturated rings. The zero-order valence-corrected chi connectivity index (χ0v) is 14.6. The lowest BCUT2D eigenvalue weighted by Gasteiger charge is -2.19. The molecule has 0 aromatic heterocycles. The van der Waals surface area contributed by atoms with Gasteiger partial charge < -0.3 is 5.32 Å². The Morgan fingerprint density at radius 3 is 2.38 bits per heavy atom. The number of halogens is 1. The molecule has 0 bridgehead atoms. The summed E-state index contributed by atoms with van der Waals surface area (Å²) in [6, 6.07) is 15.1. The maximum atomic E-state index is 12.3. The van der Waals surface area contributed by atoms with Crippen LogP contribution in [0.2, 0.25) is 5.02 Å². The number of rotatable bonds is 4. The van der Waals surface area contributed by atoms with Gasteiger partial charge in [0.1, 0.15) is 0 Å². The van der Waals surface area contributed by atoms with E-state index in [0.717, 1.165) is 6.54 Å². The maximum absolute atomic E-state index is 12.3. The van der Waals surface area contributed by atoms with Crippen LogP contribution in [0.5, 0.6) is 0 Å². The molecule has 0 saturated carbocycles. The molecule has 1 saturated heterocycles. The van der Waals surface area contributed by atoms with Gasteiger partial charge in [0, 0.05) is 22.8 Å². The summed E-state index contributed by atoms with van der Waals surface area (Å²) in [7, 11) is 0. The van der Waals surface area contributed by atoms with Crippen molar-refractivity contribution in [1.82, 2.24) is 4.90 Å². The van der Waals surface area contributed by atoms with Gasteiger partial charge in [-0.1, -0.05) is 42.6 Å². The molecule has 3 nitrogen and oxygen atoms in total. The van der Waals surface area contributed by atoms with Gasteiger partial charge in [-0.3, -0.25) is 9.69 Å². The van der Waals surface area contributed by atoms with Crippen molar-refractivity contribution < 1.29 is 4.79 Å². The van der Waals surface area contributed by atoms with E-state index in [1.165, 1.54) is 44.3 Å². The number of amides is 1. The summed E-state index contributed by atoms with van der Waals surface area (Å²) in [6.07, 6.45) is 5.28. The lowest BCUT2D eigenvalue weighted by atomic mass is 10.1. The first-order valence-corrected chi connectivity index (χ1v) is 8.97. The Labute approximate surface area is 148 Å². The zero-order chi connectivity index (χ0) is 16.8. The van der Waals surface area contributed by atoms with E-state index in [0.29, 0.717) is 16.3 Å². The minimum absolute atomic E-state index is 0.112. The van der Waals surface area contributed by atoms with Crippen molar-refractivity contribution in [2.45, 2.75) is 32.2 Å². The monoisotopic (exact) mass is 342 g/mol. The molecule has 1 aliphatic rings. The van der Waals surface area contributed by atoms with E-state index in [1.54, 1.807) is 12.1 Å². The number of anilines is 1. The molecule has 0 spiro atoms. The summed E-state index contributed by atoms with van der Waals surface area (Å²) >= 11 is 5.94. The average Bonchev–Trinajstić information content (AvgIpc) is 2.84. The normalized spacial score (nSPS) is 15.7. The second kappa shape index (κ2) is 8.32. The molecule has 0 aliphatic carbocycles. The van der Waals surface area contributed by atoms with Gasteiger partial charge in [-0.15, -0.1) is 0 Å². The number of carbonyl (C=O) groups is 1.